The van der Waals surface area contributed by atoms with Crippen LogP contribution in [0.2, 0.25) is 0 Å². The molecule has 6 aromatic rings. The number of hydrogen-bond acceptors (Lipinski definition) is 13. The fourth-order valence-electron chi connectivity index (χ4n) is 7.05. The number of aromatic hydroxyl groups is 1. The number of fused-ring (bicyclic) bond motifs is 1. The van der Waals surface area contributed by atoms with E-state index in [2.05, 4.69) is 32.4 Å². The number of hydrogen-bond donors (Lipinski definition) is 5. The number of aliphatic hydroxyl groups excluding tert-OH is 1. The Morgan fingerprint density at radius 3 is 2.44 bits per heavy atom. The largest absolute Gasteiger partial charge is 0.506 e. The molecule has 54 heavy (non-hydrogen) atoms. The molecular weight excluding hydrogens is 727 g/mol. The third-order valence-electron chi connectivity index (χ3n) is 10.1. The number of rotatable bonds is 15. The van der Waals surface area contributed by atoms with E-state index < -0.39 is 17.7 Å². The molecule has 1 aliphatic rings. The normalized spacial score (nSPS) is 16.9. The van der Waals surface area contributed by atoms with Crippen LogP contribution in [-0.2, 0) is 28.1 Å². The van der Waals surface area contributed by atoms with Gasteiger partial charge < -0.3 is 39.8 Å². The van der Waals surface area contributed by atoms with E-state index in [-0.39, 0.29) is 24.0 Å². The number of aromatic amines is 1. The second-order valence-corrected chi connectivity index (χ2v) is 15.6. The van der Waals surface area contributed by atoms with Gasteiger partial charge in [0.1, 0.15) is 11.9 Å². The molecule has 1 saturated carbocycles. The highest BCUT2D eigenvalue weighted by Gasteiger charge is 2.45. The average Bonchev–Trinajstić information content (AvgIpc) is 4.00. The first-order chi connectivity index (χ1) is 26.2. The van der Waals surface area contributed by atoms with E-state index in [9.17, 15) is 24.9 Å². The number of phenols is 1. The van der Waals surface area contributed by atoms with Crippen molar-refractivity contribution in [3.05, 3.63) is 121 Å². The van der Waals surface area contributed by atoms with E-state index in [4.69, 9.17) is 9.26 Å². The van der Waals surface area contributed by atoms with Crippen molar-refractivity contribution in [1.82, 2.24) is 25.3 Å². The van der Waals surface area contributed by atoms with Crippen LogP contribution in [-0.4, -0.2) is 73.6 Å². The molecule has 0 aliphatic heterocycles. The Hall–Kier alpha value is -4.70. The molecule has 4 aromatic heterocycles. The lowest BCUT2D eigenvalue weighted by atomic mass is 9.91. The Labute approximate surface area is 320 Å². The highest BCUT2D eigenvalue weighted by atomic mass is 32.1. The molecule has 0 radical (unpaired) electrons. The molecule has 7 rings (SSSR count). The Kier molecular flexibility index (Phi) is 11.7. The number of ether oxygens (including phenoxy) is 1. The molecule has 0 unspecified atom stereocenters. The molecule has 2 aromatic carbocycles. The number of esters is 1. The SMILES string of the molecule is CN(CCCc1nc(-c2ccc(CNC[C@H](O)c3ccc(O)c4[nH]c(=O)ccc34)cc2)no1)C1CCC(OC(=O)C(O)(c2cccs2)c2cccs2)CC1. The first-order valence-electron chi connectivity index (χ1n) is 18.1. The van der Waals surface area contributed by atoms with Crippen molar-refractivity contribution < 1.29 is 29.4 Å². The van der Waals surface area contributed by atoms with Gasteiger partial charge in [-0.2, -0.15) is 4.98 Å². The molecule has 12 nitrogen and oxygen atoms in total. The van der Waals surface area contributed by atoms with Gasteiger partial charge in [-0.3, -0.25) is 4.79 Å². The number of aliphatic hydroxyl groups is 2. The monoisotopic (exact) mass is 769 g/mol. The maximum Gasteiger partial charge on any atom is 0.349 e. The molecule has 5 N–H and O–H groups in total. The summed E-state index contributed by atoms with van der Waals surface area (Å²) in [6, 6.07) is 21.5. The number of carbonyl (C=O) groups excluding carboxylic acids is 1. The molecule has 0 saturated heterocycles. The Morgan fingerprint density at radius 2 is 1.76 bits per heavy atom. The van der Waals surface area contributed by atoms with E-state index in [0.29, 0.717) is 56.9 Å². The van der Waals surface area contributed by atoms with Crippen LogP contribution in [0.25, 0.3) is 22.3 Å². The lowest BCUT2D eigenvalue weighted by molar-refractivity contribution is -0.169. The van der Waals surface area contributed by atoms with Crippen molar-refractivity contribution in [2.24, 2.45) is 0 Å². The van der Waals surface area contributed by atoms with Gasteiger partial charge in [0, 0.05) is 42.6 Å². The van der Waals surface area contributed by atoms with Crippen LogP contribution in [0.4, 0.5) is 0 Å². The van der Waals surface area contributed by atoms with Gasteiger partial charge in [-0.1, -0.05) is 47.6 Å². The van der Waals surface area contributed by atoms with Gasteiger partial charge in [0.25, 0.3) is 0 Å². The van der Waals surface area contributed by atoms with Gasteiger partial charge in [0.2, 0.25) is 22.9 Å². The van der Waals surface area contributed by atoms with E-state index >= 15 is 0 Å². The molecule has 1 aliphatic carbocycles. The van der Waals surface area contributed by atoms with Gasteiger partial charge in [-0.15, -0.1) is 22.7 Å². The topological polar surface area (TPSA) is 174 Å². The zero-order valence-corrected chi connectivity index (χ0v) is 31.4. The van der Waals surface area contributed by atoms with Crippen LogP contribution in [0.15, 0.2) is 92.9 Å². The summed E-state index contributed by atoms with van der Waals surface area (Å²) in [5.41, 5.74) is 0.673. The molecule has 1 atom stereocenters. The summed E-state index contributed by atoms with van der Waals surface area (Å²) in [6.45, 7) is 1.66. The Balaban J connectivity index is 0.832. The van der Waals surface area contributed by atoms with Gasteiger partial charge in [0.15, 0.2) is 0 Å². The lowest BCUT2D eigenvalue weighted by Crippen LogP contribution is -2.42. The minimum absolute atomic E-state index is 0.0442. The van der Waals surface area contributed by atoms with Crippen LogP contribution in [0, 0.1) is 0 Å². The van der Waals surface area contributed by atoms with Crippen molar-refractivity contribution in [3.63, 3.8) is 0 Å². The van der Waals surface area contributed by atoms with Crippen molar-refractivity contribution in [3.8, 4) is 17.1 Å². The third-order valence-corrected chi connectivity index (χ3v) is 12.1. The van der Waals surface area contributed by atoms with Crippen molar-refractivity contribution in [1.29, 1.82) is 0 Å². The summed E-state index contributed by atoms with van der Waals surface area (Å²) in [5, 5.41) is 44.3. The van der Waals surface area contributed by atoms with Crippen molar-refractivity contribution in [2.45, 2.75) is 68.9 Å². The number of aryl methyl sites for hydroxylation is 1. The number of nitrogens with one attached hydrogen (secondary N) is 2. The van der Waals surface area contributed by atoms with E-state index in [1.165, 1.54) is 34.8 Å². The second-order valence-electron chi connectivity index (χ2n) is 13.7. The first-order valence-corrected chi connectivity index (χ1v) is 19.8. The smallest absolute Gasteiger partial charge is 0.349 e. The van der Waals surface area contributed by atoms with Gasteiger partial charge in [0.05, 0.1) is 21.4 Å². The predicted molar refractivity (Wildman–Crippen MR) is 207 cm³/mol. The van der Waals surface area contributed by atoms with E-state index in [0.717, 1.165) is 49.8 Å². The van der Waals surface area contributed by atoms with Crippen molar-refractivity contribution >= 4 is 39.5 Å². The van der Waals surface area contributed by atoms with Crippen molar-refractivity contribution in [2.75, 3.05) is 20.1 Å². The number of phenolic OH excluding ortho intramolecular Hbond substituents is 1. The molecule has 14 heteroatoms. The highest BCUT2D eigenvalue weighted by Crippen LogP contribution is 2.38. The first kappa shape index (κ1) is 37.6. The van der Waals surface area contributed by atoms with Gasteiger partial charge >= 0.3 is 5.97 Å². The zero-order chi connectivity index (χ0) is 37.7. The Bertz CT molecular complexity index is 2160. The summed E-state index contributed by atoms with van der Waals surface area (Å²) >= 11 is 2.69. The maximum atomic E-state index is 13.4. The van der Waals surface area contributed by atoms with Crippen LogP contribution >= 0.6 is 22.7 Å². The fraction of sp³-hybridized carbons (Fsp3) is 0.350. The summed E-state index contributed by atoms with van der Waals surface area (Å²) in [7, 11) is 2.12. The average molecular weight is 770 g/mol. The van der Waals surface area contributed by atoms with Crippen LogP contribution < -0.4 is 10.9 Å². The number of carbonyl (C=O) groups is 1. The highest BCUT2D eigenvalue weighted by molar-refractivity contribution is 7.12. The van der Waals surface area contributed by atoms with Crippen LogP contribution in [0.1, 0.15) is 65.0 Å². The minimum atomic E-state index is -1.78. The Morgan fingerprint density at radius 1 is 1.04 bits per heavy atom. The standard InChI is InChI=1S/C40H43N5O7S2/c1-45(27-12-14-28(15-13-27)51-39(49)40(50,33-5-3-21-53-33)34-6-4-22-54-34)20-2-7-36-43-38(44-52-36)26-10-8-25(9-11-26)23-41-24-32(47)29-16-18-31(46)37-30(29)17-19-35(48)42-37/h3-6,8-11,16-19,21-22,27-28,32,41,46-47,50H,2,7,12-15,20,23-24H2,1H3,(H,42,48)/t27?,28?,32-/m0/s1. The van der Waals surface area contributed by atoms with E-state index in [1.54, 1.807) is 24.3 Å². The van der Waals surface area contributed by atoms with Gasteiger partial charge in [-0.25, -0.2) is 4.79 Å². The number of pyridine rings is 1. The molecule has 4 heterocycles. The van der Waals surface area contributed by atoms with Gasteiger partial charge in [-0.05, 0) is 91.8 Å². The van der Waals surface area contributed by atoms with Crippen LogP contribution in [0.3, 0.4) is 0 Å². The summed E-state index contributed by atoms with van der Waals surface area (Å²) in [6.07, 6.45) is 3.75. The maximum absolute atomic E-state index is 13.4. The molecular formula is C40H43N5O7S2. The molecule has 1 fully saturated rings. The van der Waals surface area contributed by atoms with E-state index in [1.807, 2.05) is 47.2 Å². The summed E-state index contributed by atoms with van der Waals surface area (Å²) in [5.74, 6) is 0.468. The lowest BCUT2D eigenvalue weighted by Gasteiger charge is -2.35. The zero-order valence-electron chi connectivity index (χ0n) is 29.8. The number of nitrogens with zero attached hydrogens (tertiary/aromatic N) is 3. The molecule has 0 spiro atoms. The fourth-order valence-corrected chi connectivity index (χ4v) is 8.77. The molecule has 282 valence electrons. The third kappa shape index (κ3) is 8.33. The summed E-state index contributed by atoms with van der Waals surface area (Å²) in [4.78, 5) is 35.8. The van der Waals surface area contributed by atoms with Crippen LogP contribution in [0.5, 0.6) is 5.75 Å². The number of benzene rings is 2. The quantitative estimate of drug-likeness (QED) is 0.0789. The predicted octanol–water partition coefficient (Wildman–Crippen LogP) is 5.88. The second kappa shape index (κ2) is 16.8. The number of H-pyrrole nitrogens is 1. The minimum Gasteiger partial charge on any atom is -0.506 e. The summed E-state index contributed by atoms with van der Waals surface area (Å²) < 4.78 is 11.5. The molecule has 0 amide bonds. The molecule has 0 bridgehead atoms. The number of thiophene rings is 2. The number of aromatic nitrogens is 3.